The standard InChI is InChI=1S/C13H15N3O2/c1-8-6-10(15-16-13(8)14)9-2-3-11-12(7-9)18-5-4-17-11/h2-3,7-8H,4-6H2,1H3,(H2,14,16). The second-order valence-corrected chi connectivity index (χ2v) is 4.54. The fraction of sp³-hybridized carbons (Fsp3) is 0.385. The van der Waals surface area contributed by atoms with Crippen LogP contribution in [0.5, 0.6) is 11.5 Å². The lowest BCUT2D eigenvalue weighted by molar-refractivity contribution is 0.171. The topological polar surface area (TPSA) is 69.2 Å². The van der Waals surface area contributed by atoms with Crippen molar-refractivity contribution in [1.29, 1.82) is 0 Å². The summed E-state index contributed by atoms with van der Waals surface area (Å²) in [5.41, 5.74) is 7.68. The van der Waals surface area contributed by atoms with Crippen molar-refractivity contribution in [3.05, 3.63) is 23.8 Å². The highest BCUT2D eigenvalue weighted by Gasteiger charge is 2.19. The van der Waals surface area contributed by atoms with Crippen molar-refractivity contribution in [3.63, 3.8) is 0 Å². The Morgan fingerprint density at radius 2 is 1.94 bits per heavy atom. The predicted molar refractivity (Wildman–Crippen MR) is 69.4 cm³/mol. The molecule has 2 aliphatic rings. The molecule has 5 heteroatoms. The minimum atomic E-state index is 0.228. The molecule has 1 atom stereocenters. The normalized spacial score (nSPS) is 22.2. The Hall–Kier alpha value is -2.04. The second kappa shape index (κ2) is 4.33. The number of amidine groups is 1. The molecule has 3 rings (SSSR count). The van der Waals surface area contributed by atoms with Crippen molar-refractivity contribution in [1.82, 2.24) is 0 Å². The summed E-state index contributed by atoms with van der Waals surface area (Å²) in [6.45, 7) is 3.24. The Labute approximate surface area is 105 Å². The summed E-state index contributed by atoms with van der Waals surface area (Å²) in [4.78, 5) is 0. The smallest absolute Gasteiger partial charge is 0.162 e. The zero-order valence-corrected chi connectivity index (χ0v) is 10.2. The van der Waals surface area contributed by atoms with Crippen LogP contribution in [0.2, 0.25) is 0 Å². The van der Waals surface area contributed by atoms with Crippen LogP contribution < -0.4 is 15.2 Å². The molecule has 5 nitrogen and oxygen atoms in total. The number of hydrogen-bond donors (Lipinski definition) is 1. The third-order valence-corrected chi connectivity index (χ3v) is 3.17. The van der Waals surface area contributed by atoms with E-state index < -0.39 is 0 Å². The number of rotatable bonds is 1. The first-order valence-corrected chi connectivity index (χ1v) is 6.04. The summed E-state index contributed by atoms with van der Waals surface area (Å²) in [6.07, 6.45) is 0.801. The van der Waals surface area contributed by atoms with Crippen molar-refractivity contribution < 1.29 is 9.47 Å². The van der Waals surface area contributed by atoms with Crippen LogP contribution in [0.4, 0.5) is 0 Å². The molecule has 1 unspecified atom stereocenters. The molecule has 18 heavy (non-hydrogen) atoms. The first-order valence-electron chi connectivity index (χ1n) is 6.04. The highest BCUT2D eigenvalue weighted by molar-refractivity contribution is 6.05. The van der Waals surface area contributed by atoms with E-state index in [4.69, 9.17) is 15.2 Å². The van der Waals surface area contributed by atoms with Gasteiger partial charge >= 0.3 is 0 Å². The van der Waals surface area contributed by atoms with Gasteiger partial charge in [0.1, 0.15) is 19.0 Å². The largest absolute Gasteiger partial charge is 0.486 e. The lowest BCUT2D eigenvalue weighted by Crippen LogP contribution is -2.27. The zero-order chi connectivity index (χ0) is 12.5. The van der Waals surface area contributed by atoms with E-state index >= 15 is 0 Å². The van der Waals surface area contributed by atoms with Crippen molar-refractivity contribution >= 4 is 11.5 Å². The molecule has 0 fully saturated rings. The Morgan fingerprint density at radius 3 is 2.72 bits per heavy atom. The minimum absolute atomic E-state index is 0.228. The maximum atomic E-state index is 5.73. The van der Waals surface area contributed by atoms with E-state index in [9.17, 15) is 0 Å². The summed E-state index contributed by atoms with van der Waals surface area (Å²) in [6, 6.07) is 5.85. The number of benzene rings is 1. The van der Waals surface area contributed by atoms with Gasteiger partial charge in [-0.3, -0.25) is 0 Å². The molecule has 2 heterocycles. The van der Waals surface area contributed by atoms with Gasteiger partial charge in [-0.05, 0) is 18.2 Å². The van der Waals surface area contributed by atoms with Gasteiger partial charge in [-0.2, -0.15) is 5.10 Å². The number of nitrogens with two attached hydrogens (primary N) is 1. The molecule has 2 N–H and O–H groups in total. The third-order valence-electron chi connectivity index (χ3n) is 3.17. The van der Waals surface area contributed by atoms with Crippen LogP contribution in [0.1, 0.15) is 18.9 Å². The van der Waals surface area contributed by atoms with Crippen LogP contribution in [0, 0.1) is 5.92 Å². The van der Waals surface area contributed by atoms with Gasteiger partial charge in [0, 0.05) is 17.9 Å². The third kappa shape index (κ3) is 1.92. The summed E-state index contributed by atoms with van der Waals surface area (Å²) in [7, 11) is 0. The molecule has 1 aromatic rings. The summed E-state index contributed by atoms with van der Waals surface area (Å²) >= 11 is 0. The lowest BCUT2D eigenvalue weighted by atomic mass is 9.97. The molecule has 0 saturated carbocycles. The molecule has 0 aliphatic carbocycles. The maximum absolute atomic E-state index is 5.73. The average molecular weight is 245 g/mol. The molecule has 1 aromatic carbocycles. The molecule has 0 spiro atoms. The quantitative estimate of drug-likeness (QED) is 0.816. The minimum Gasteiger partial charge on any atom is -0.486 e. The van der Waals surface area contributed by atoms with E-state index in [1.807, 2.05) is 25.1 Å². The number of nitrogens with zero attached hydrogens (tertiary/aromatic N) is 2. The Balaban J connectivity index is 1.93. The predicted octanol–water partition coefficient (Wildman–Crippen LogP) is 1.56. The first-order chi connectivity index (χ1) is 8.74. The van der Waals surface area contributed by atoms with Gasteiger partial charge in [-0.15, -0.1) is 5.10 Å². The van der Waals surface area contributed by atoms with E-state index in [2.05, 4.69) is 10.2 Å². The van der Waals surface area contributed by atoms with Gasteiger partial charge in [0.05, 0.1) is 5.71 Å². The van der Waals surface area contributed by atoms with Crippen LogP contribution in [-0.2, 0) is 0 Å². The Morgan fingerprint density at radius 1 is 1.17 bits per heavy atom. The SMILES string of the molecule is CC1CC(c2ccc3c(c2)OCCO3)=NN=C1N. The number of ether oxygens (including phenoxy) is 2. The van der Waals surface area contributed by atoms with Gasteiger partial charge in [-0.1, -0.05) is 6.92 Å². The van der Waals surface area contributed by atoms with Crippen LogP contribution >= 0.6 is 0 Å². The van der Waals surface area contributed by atoms with Crippen LogP contribution in [0.3, 0.4) is 0 Å². The highest BCUT2D eigenvalue weighted by Crippen LogP contribution is 2.31. The van der Waals surface area contributed by atoms with E-state index in [1.54, 1.807) is 0 Å². The highest BCUT2D eigenvalue weighted by atomic mass is 16.6. The fourth-order valence-electron chi connectivity index (χ4n) is 2.05. The van der Waals surface area contributed by atoms with Crippen LogP contribution in [-0.4, -0.2) is 24.8 Å². The van der Waals surface area contributed by atoms with Crippen LogP contribution in [0.25, 0.3) is 0 Å². The van der Waals surface area contributed by atoms with Crippen molar-refractivity contribution in [3.8, 4) is 11.5 Å². The molecule has 0 radical (unpaired) electrons. The summed E-state index contributed by atoms with van der Waals surface area (Å²) < 4.78 is 11.1. The lowest BCUT2D eigenvalue weighted by Gasteiger charge is -2.20. The molecule has 0 saturated heterocycles. The second-order valence-electron chi connectivity index (χ2n) is 4.54. The Bertz CT molecular complexity index is 537. The summed E-state index contributed by atoms with van der Waals surface area (Å²) in [5.74, 6) is 2.39. The van der Waals surface area contributed by atoms with Gasteiger partial charge in [0.25, 0.3) is 0 Å². The Kier molecular flexibility index (Phi) is 2.66. The molecule has 2 aliphatic heterocycles. The first kappa shape index (κ1) is 11.1. The molecular weight excluding hydrogens is 230 g/mol. The number of hydrogen-bond acceptors (Lipinski definition) is 5. The molecule has 0 bridgehead atoms. The van der Waals surface area contributed by atoms with E-state index in [-0.39, 0.29) is 5.92 Å². The van der Waals surface area contributed by atoms with Crippen molar-refractivity contribution in [2.24, 2.45) is 21.9 Å². The van der Waals surface area contributed by atoms with Gasteiger partial charge in [0.15, 0.2) is 11.5 Å². The van der Waals surface area contributed by atoms with Crippen molar-refractivity contribution in [2.75, 3.05) is 13.2 Å². The molecule has 94 valence electrons. The molecular formula is C13H15N3O2. The van der Waals surface area contributed by atoms with E-state index in [0.717, 1.165) is 29.2 Å². The zero-order valence-electron chi connectivity index (χ0n) is 10.2. The molecule has 0 aromatic heterocycles. The van der Waals surface area contributed by atoms with Gasteiger partial charge in [-0.25, -0.2) is 0 Å². The van der Waals surface area contributed by atoms with Gasteiger partial charge < -0.3 is 15.2 Å². The van der Waals surface area contributed by atoms with Gasteiger partial charge in [0.2, 0.25) is 0 Å². The van der Waals surface area contributed by atoms with E-state index in [1.165, 1.54) is 0 Å². The van der Waals surface area contributed by atoms with E-state index in [0.29, 0.717) is 19.0 Å². The fourth-order valence-corrected chi connectivity index (χ4v) is 2.05. The number of fused-ring (bicyclic) bond motifs is 1. The monoisotopic (exact) mass is 245 g/mol. The summed E-state index contributed by atoms with van der Waals surface area (Å²) in [5, 5.41) is 8.15. The average Bonchev–Trinajstić information content (AvgIpc) is 2.41. The molecule has 0 amide bonds. The van der Waals surface area contributed by atoms with Crippen LogP contribution in [0.15, 0.2) is 28.4 Å². The van der Waals surface area contributed by atoms with Crippen molar-refractivity contribution in [2.45, 2.75) is 13.3 Å². The maximum Gasteiger partial charge on any atom is 0.162 e.